The van der Waals surface area contributed by atoms with E-state index in [0.29, 0.717) is 48.4 Å². The number of amides is 1. The van der Waals surface area contributed by atoms with Gasteiger partial charge in [0.15, 0.2) is 11.5 Å². The fourth-order valence-corrected chi connectivity index (χ4v) is 2.23. The lowest BCUT2D eigenvalue weighted by molar-refractivity contribution is 0.0789. The minimum atomic E-state index is -0.149. The molecule has 1 aliphatic rings. The third-order valence-corrected chi connectivity index (χ3v) is 3.11. The second kappa shape index (κ2) is 6.48. The largest absolute Gasteiger partial charge is 0.486 e. The van der Waals surface area contributed by atoms with Crippen LogP contribution in [0.1, 0.15) is 10.4 Å². The molecule has 0 saturated carbocycles. The molecular weight excluding hydrogens is 278 g/mol. The van der Waals surface area contributed by atoms with Crippen molar-refractivity contribution in [1.29, 1.82) is 0 Å². The van der Waals surface area contributed by atoms with Crippen LogP contribution in [-0.2, 0) is 0 Å². The predicted molar refractivity (Wildman–Crippen MR) is 78.7 cm³/mol. The van der Waals surface area contributed by atoms with E-state index in [4.69, 9.17) is 21.1 Å². The first-order valence-corrected chi connectivity index (χ1v) is 6.65. The molecule has 0 fully saturated rings. The van der Waals surface area contributed by atoms with Crippen LogP contribution in [0.15, 0.2) is 37.4 Å². The average Bonchev–Trinajstić information content (AvgIpc) is 2.46. The van der Waals surface area contributed by atoms with Crippen molar-refractivity contribution in [2.45, 2.75) is 0 Å². The first kappa shape index (κ1) is 14.5. The van der Waals surface area contributed by atoms with Gasteiger partial charge in [0, 0.05) is 18.7 Å². The number of fused-ring (bicyclic) bond motifs is 1. The Morgan fingerprint density at radius 3 is 2.55 bits per heavy atom. The van der Waals surface area contributed by atoms with Crippen molar-refractivity contribution < 1.29 is 14.3 Å². The number of carbonyl (C=O) groups is 1. The Labute approximate surface area is 123 Å². The molecule has 1 aromatic carbocycles. The highest BCUT2D eigenvalue weighted by Gasteiger charge is 2.21. The minimum Gasteiger partial charge on any atom is -0.486 e. The highest BCUT2D eigenvalue weighted by Crippen LogP contribution is 2.38. The van der Waals surface area contributed by atoms with Crippen LogP contribution in [0, 0.1) is 0 Å². The van der Waals surface area contributed by atoms with Crippen molar-refractivity contribution in [3.8, 4) is 11.5 Å². The van der Waals surface area contributed by atoms with Crippen LogP contribution < -0.4 is 9.47 Å². The van der Waals surface area contributed by atoms with Crippen LogP contribution in [0.25, 0.3) is 0 Å². The van der Waals surface area contributed by atoms with Crippen LogP contribution >= 0.6 is 11.6 Å². The van der Waals surface area contributed by atoms with E-state index in [1.807, 2.05) is 0 Å². The highest BCUT2D eigenvalue weighted by molar-refractivity contribution is 6.32. The lowest BCUT2D eigenvalue weighted by Crippen LogP contribution is -2.31. The van der Waals surface area contributed by atoms with Gasteiger partial charge in [-0.15, -0.1) is 13.2 Å². The first-order valence-electron chi connectivity index (χ1n) is 6.27. The summed E-state index contributed by atoms with van der Waals surface area (Å²) >= 11 is 6.13. The van der Waals surface area contributed by atoms with E-state index >= 15 is 0 Å². The summed E-state index contributed by atoms with van der Waals surface area (Å²) in [5, 5.41) is 0.378. The smallest absolute Gasteiger partial charge is 0.254 e. The molecule has 1 heterocycles. The summed E-state index contributed by atoms with van der Waals surface area (Å²) in [6, 6.07) is 3.25. The van der Waals surface area contributed by atoms with E-state index in [2.05, 4.69) is 13.2 Å². The number of benzene rings is 1. The van der Waals surface area contributed by atoms with Gasteiger partial charge in [0.1, 0.15) is 13.2 Å². The van der Waals surface area contributed by atoms with Gasteiger partial charge in [-0.3, -0.25) is 4.79 Å². The van der Waals surface area contributed by atoms with E-state index in [0.717, 1.165) is 0 Å². The summed E-state index contributed by atoms with van der Waals surface area (Å²) in [6.07, 6.45) is 3.34. The van der Waals surface area contributed by atoms with Crippen LogP contribution in [0.5, 0.6) is 11.5 Å². The third kappa shape index (κ3) is 2.96. The Bertz CT molecular complexity index is 532. The van der Waals surface area contributed by atoms with Gasteiger partial charge >= 0.3 is 0 Å². The maximum absolute atomic E-state index is 12.4. The maximum Gasteiger partial charge on any atom is 0.254 e. The van der Waals surface area contributed by atoms with Gasteiger partial charge in [-0.1, -0.05) is 23.8 Å². The van der Waals surface area contributed by atoms with Gasteiger partial charge in [0.2, 0.25) is 0 Å². The Balaban J connectivity index is 2.31. The molecule has 0 radical (unpaired) electrons. The summed E-state index contributed by atoms with van der Waals surface area (Å²) in [7, 11) is 0. The fraction of sp³-hybridized carbons (Fsp3) is 0.267. The number of carbonyl (C=O) groups excluding carboxylic acids is 1. The van der Waals surface area contributed by atoms with Crippen LogP contribution in [0.2, 0.25) is 5.02 Å². The second-order valence-corrected chi connectivity index (χ2v) is 4.68. The van der Waals surface area contributed by atoms with Crippen molar-refractivity contribution in [2.75, 3.05) is 26.3 Å². The van der Waals surface area contributed by atoms with Crippen molar-refractivity contribution in [3.05, 3.63) is 48.0 Å². The van der Waals surface area contributed by atoms with E-state index in [9.17, 15) is 4.79 Å². The summed E-state index contributed by atoms with van der Waals surface area (Å²) in [6.45, 7) is 9.08. The molecule has 0 saturated heterocycles. The zero-order chi connectivity index (χ0) is 14.5. The molecule has 5 heteroatoms. The third-order valence-electron chi connectivity index (χ3n) is 2.83. The zero-order valence-electron chi connectivity index (χ0n) is 11.1. The van der Waals surface area contributed by atoms with E-state index in [-0.39, 0.29) is 5.91 Å². The lowest BCUT2D eigenvalue weighted by atomic mass is 10.1. The molecule has 2 rings (SSSR count). The normalized spacial score (nSPS) is 12.7. The fourth-order valence-electron chi connectivity index (χ4n) is 1.97. The zero-order valence-corrected chi connectivity index (χ0v) is 11.9. The maximum atomic E-state index is 12.4. The average molecular weight is 294 g/mol. The number of rotatable bonds is 5. The van der Waals surface area contributed by atoms with Gasteiger partial charge < -0.3 is 14.4 Å². The Morgan fingerprint density at radius 2 is 1.90 bits per heavy atom. The van der Waals surface area contributed by atoms with Crippen LogP contribution in [0.3, 0.4) is 0 Å². The van der Waals surface area contributed by atoms with Crippen LogP contribution in [0.4, 0.5) is 0 Å². The number of nitrogens with zero attached hydrogens (tertiary/aromatic N) is 1. The number of halogens is 1. The monoisotopic (exact) mass is 293 g/mol. The molecule has 0 spiro atoms. The molecular formula is C15H16ClNO3. The van der Waals surface area contributed by atoms with Crippen molar-refractivity contribution in [3.63, 3.8) is 0 Å². The lowest BCUT2D eigenvalue weighted by Gasteiger charge is -2.23. The predicted octanol–water partition coefficient (Wildman–Crippen LogP) is 2.93. The minimum absolute atomic E-state index is 0.149. The topological polar surface area (TPSA) is 38.8 Å². The number of ether oxygens (including phenoxy) is 2. The molecule has 20 heavy (non-hydrogen) atoms. The van der Waals surface area contributed by atoms with Gasteiger partial charge in [-0.05, 0) is 12.1 Å². The number of hydrogen-bond acceptors (Lipinski definition) is 3. The number of hydrogen-bond donors (Lipinski definition) is 0. The van der Waals surface area contributed by atoms with Gasteiger partial charge in [0.05, 0.1) is 5.02 Å². The van der Waals surface area contributed by atoms with Gasteiger partial charge in [0.25, 0.3) is 5.91 Å². The van der Waals surface area contributed by atoms with E-state index in [1.54, 1.807) is 29.2 Å². The van der Waals surface area contributed by atoms with Crippen molar-refractivity contribution in [2.24, 2.45) is 0 Å². The highest BCUT2D eigenvalue weighted by atomic mass is 35.5. The summed E-state index contributed by atoms with van der Waals surface area (Å²) in [5.74, 6) is 0.849. The molecule has 0 aromatic heterocycles. The Hall–Kier alpha value is -1.94. The van der Waals surface area contributed by atoms with Gasteiger partial charge in [-0.25, -0.2) is 0 Å². The van der Waals surface area contributed by atoms with Crippen molar-refractivity contribution >= 4 is 17.5 Å². The standard InChI is InChI=1S/C15H16ClNO3/c1-3-5-17(6-4-2)15(18)11-9-12(16)14-13(10-11)19-7-8-20-14/h3-4,9-10H,1-2,5-8H2. The van der Waals surface area contributed by atoms with Crippen LogP contribution in [-0.4, -0.2) is 37.1 Å². The molecule has 0 unspecified atom stereocenters. The molecule has 4 nitrogen and oxygen atoms in total. The SMILES string of the molecule is C=CCN(CC=C)C(=O)c1cc(Cl)c2c(c1)OCCO2. The van der Waals surface area contributed by atoms with Gasteiger partial charge in [-0.2, -0.15) is 0 Å². The van der Waals surface area contributed by atoms with Crippen molar-refractivity contribution in [1.82, 2.24) is 4.90 Å². The molecule has 106 valence electrons. The summed E-state index contributed by atoms with van der Waals surface area (Å²) in [4.78, 5) is 14.1. The molecule has 1 aromatic rings. The second-order valence-electron chi connectivity index (χ2n) is 4.27. The first-order chi connectivity index (χ1) is 9.67. The quantitative estimate of drug-likeness (QED) is 0.784. The molecule has 0 N–H and O–H groups in total. The molecule has 0 atom stereocenters. The summed E-state index contributed by atoms with van der Waals surface area (Å²) in [5.41, 5.74) is 0.461. The molecule has 1 aliphatic heterocycles. The van der Waals surface area contributed by atoms with E-state index < -0.39 is 0 Å². The molecule has 0 aliphatic carbocycles. The molecule has 1 amide bonds. The van der Waals surface area contributed by atoms with E-state index in [1.165, 1.54) is 0 Å². The molecule has 0 bridgehead atoms. The Morgan fingerprint density at radius 1 is 1.25 bits per heavy atom. The summed E-state index contributed by atoms with van der Waals surface area (Å²) < 4.78 is 10.9. The Kier molecular flexibility index (Phi) is 4.69.